The second kappa shape index (κ2) is 6.70. The largest absolute Gasteiger partial charge is 0.387 e. The predicted octanol–water partition coefficient (Wildman–Crippen LogP) is 1.94. The van der Waals surface area contributed by atoms with Crippen molar-refractivity contribution in [3.8, 4) is 0 Å². The van der Waals surface area contributed by atoms with Crippen LogP contribution in [0, 0.1) is 0 Å². The molecule has 0 spiro atoms. The maximum atomic E-state index is 11.7. The van der Waals surface area contributed by atoms with Crippen molar-refractivity contribution in [1.29, 1.82) is 0 Å². The highest BCUT2D eigenvalue weighted by molar-refractivity contribution is 5.83. The zero-order valence-corrected chi connectivity index (χ0v) is 12.7. The summed E-state index contributed by atoms with van der Waals surface area (Å²) in [5.74, 6) is 0.000659. The molecule has 112 valence electrons. The summed E-state index contributed by atoms with van der Waals surface area (Å²) >= 11 is 0. The molecule has 2 rings (SSSR count). The average molecular weight is 286 g/mol. The number of amides is 1. The summed E-state index contributed by atoms with van der Waals surface area (Å²) in [7, 11) is 3.44. The van der Waals surface area contributed by atoms with Crippen LogP contribution in [-0.2, 0) is 4.79 Å². The Kier molecular flexibility index (Phi) is 4.94. The molecule has 2 atom stereocenters. The van der Waals surface area contributed by atoms with Crippen molar-refractivity contribution in [3.05, 3.63) is 48.0 Å². The Bertz CT molecular complexity index is 625. The summed E-state index contributed by atoms with van der Waals surface area (Å²) < 4.78 is 0. The van der Waals surface area contributed by atoms with E-state index in [0.717, 1.165) is 16.3 Å². The molecule has 21 heavy (non-hydrogen) atoms. The number of carbonyl (C=O) groups excluding carboxylic acids is 1. The van der Waals surface area contributed by atoms with Crippen LogP contribution in [0.15, 0.2) is 42.5 Å². The average Bonchev–Trinajstić information content (AvgIpc) is 2.50. The molecule has 0 saturated carbocycles. The van der Waals surface area contributed by atoms with Gasteiger partial charge in [0.2, 0.25) is 5.91 Å². The summed E-state index contributed by atoms with van der Waals surface area (Å²) in [4.78, 5) is 13.3. The maximum Gasteiger partial charge on any atom is 0.238 e. The Labute approximate surface area is 125 Å². The lowest BCUT2D eigenvalue weighted by Gasteiger charge is -2.20. The molecule has 2 N–H and O–H groups in total. The lowest BCUT2D eigenvalue weighted by Crippen LogP contribution is -2.42. The number of likely N-dealkylation sites (N-methyl/N-ethyl adjacent to an activating group) is 1. The van der Waals surface area contributed by atoms with Crippen LogP contribution in [0.2, 0.25) is 0 Å². The van der Waals surface area contributed by atoms with Gasteiger partial charge in [0.25, 0.3) is 0 Å². The van der Waals surface area contributed by atoms with Gasteiger partial charge in [-0.1, -0.05) is 36.4 Å². The van der Waals surface area contributed by atoms with E-state index in [0.29, 0.717) is 6.54 Å². The van der Waals surface area contributed by atoms with Crippen molar-refractivity contribution in [2.75, 3.05) is 20.6 Å². The first-order chi connectivity index (χ1) is 9.99. The number of nitrogens with zero attached hydrogens (tertiary/aromatic N) is 1. The molecule has 0 radical (unpaired) electrons. The van der Waals surface area contributed by atoms with E-state index in [1.807, 2.05) is 42.5 Å². The zero-order chi connectivity index (χ0) is 15.4. The summed E-state index contributed by atoms with van der Waals surface area (Å²) in [6.07, 6.45) is -0.632. The number of aliphatic hydroxyl groups excluding tert-OH is 1. The van der Waals surface area contributed by atoms with Gasteiger partial charge in [-0.3, -0.25) is 4.79 Å². The number of hydrogen-bond donors (Lipinski definition) is 2. The molecule has 0 saturated heterocycles. The molecule has 0 aliphatic carbocycles. The lowest BCUT2D eigenvalue weighted by atomic mass is 10.0. The maximum absolute atomic E-state index is 11.7. The fourth-order valence-electron chi connectivity index (χ4n) is 2.30. The molecule has 2 aromatic rings. The van der Waals surface area contributed by atoms with E-state index in [9.17, 15) is 9.90 Å². The first-order valence-corrected chi connectivity index (χ1v) is 7.10. The van der Waals surface area contributed by atoms with Crippen molar-refractivity contribution in [1.82, 2.24) is 10.2 Å². The van der Waals surface area contributed by atoms with Gasteiger partial charge in [-0.25, -0.2) is 0 Å². The normalized spacial score (nSPS) is 13.9. The standard InChI is InChI=1S/C17H22N2O2/c1-12(17(21)19(2)3)18-11-16(20)15-9-8-13-6-4-5-7-14(13)10-15/h4-10,12,16,18,20H,11H2,1-3H3. The number of benzene rings is 2. The molecule has 2 unspecified atom stereocenters. The quantitative estimate of drug-likeness (QED) is 0.883. The van der Waals surface area contributed by atoms with Gasteiger partial charge < -0.3 is 15.3 Å². The van der Waals surface area contributed by atoms with Crippen LogP contribution in [0.4, 0.5) is 0 Å². The fourth-order valence-corrected chi connectivity index (χ4v) is 2.30. The Morgan fingerprint density at radius 3 is 2.52 bits per heavy atom. The van der Waals surface area contributed by atoms with Crippen LogP contribution < -0.4 is 5.32 Å². The van der Waals surface area contributed by atoms with E-state index in [4.69, 9.17) is 0 Å². The molecule has 1 amide bonds. The smallest absolute Gasteiger partial charge is 0.238 e. The predicted molar refractivity (Wildman–Crippen MR) is 85.1 cm³/mol. The fraction of sp³-hybridized carbons (Fsp3) is 0.353. The van der Waals surface area contributed by atoms with E-state index >= 15 is 0 Å². The number of fused-ring (bicyclic) bond motifs is 1. The number of hydrogen-bond acceptors (Lipinski definition) is 3. The van der Waals surface area contributed by atoms with Gasteiger partial charge in [0.15, 0.2) is 0 Å². The topological polar surface area (TPSA) is 52.6 Å². The second-order valence-corrected chi connectivity index (χ2v) is 5.48. The minimum atomic E-state index is -0.632. The van der Waals surface area contributed by atoms with Crippen LogP contribution >= 0.6 is 0 Å². The van der Waals surface area contributed by atoms with Gasteiger partial charge in [-0.2, -0.15) is 0 Å². The van der Waals surface area contributed by atoms with Gasteiger partial charge in [0.05, 0.1) is 12.1 Å². The van der Waals surface area contributed by atoms with Crippen LogP contribution in [0.3, 0.4) is 0 Å². The van der Waals surface area contributed by atoms with Crippen LogP contribution in [0.25, 0.3) is 10.8 Å². The minimum absolute atomic E-state index is 0.000659. The van der Waals surface area contributed by atoms with E-state index in [2.05, 4.69) is 5.32 Å². The van der Waals surface area contributed by atoms with Gasteiger partial charge in [-0.05, 0) is 29.3 Å². The summed E-state index contributed by atoms with van der Waals surface area (Å²) in [5, 5.41) is 15.6. The number of aliphatic hydroxyl groups is 1. The van der Waals surface area contributed by atoms with Crippen molar-refractivity contribution < 1.29 is 9.90 Å². The van der Waals surface area contributed by atoms with Gasteiger partial charge in [-0.15, -0.1) is 0 Å². The van der Waals surface area contributed by atoms with Gasteiger partial charge in [0, 0.05) is 20.6 Å². The van der Waals surface area contributed by atoms with Crippen molar-refractivity contribution in [3.63, 3.8) is 0 Å². The third kappa shape index (κ3) is 3.80. The Hall–Kier alpha value is -1.91. The highest BCUT2D eigenvalue weighted by Gasteiger charge is 2.16. The van der Waals surface area contributed by atoms with E-state index < -0.39 is 6.10 Å². The first-order valence-electron chi connectivity index (χ1n) is 7.10. The summed E-state index contributed by atoms with van der Waals surface area (Å²) in [6, 6.07) is 13.6. The highest BCUT2D eigenvalue weighted by atomic mass is 16.3. The number of nitrogens with one attached hydrogen (secondary N) is 1. The number of rotatable bonds is 5. The van der Waals surface area contributed by atoms with E-state index in [-0.39, 0.29) is 11.9 Å². The van der Waals surface area contributed by atoms with Crippen molar-refractivity contribution in [2.45, 2.75) is 19.1 Å². The molecule has 0 bridgehead atoms. The van der Waals surface area contributed by atoms with Gasteiger partial charge >= 0.3 is 0 Å². The summed E-state index contributed by atoms with van der Waals surface area (Å²) in [6.45, 7) is 2.15. The molecule has 0 fully saturated rings. The molecule has 0 aliphatic rings. The van der Waals surface area contributed by atoms with Crippen molar-refractivity contribution in [2.24, 2.45) is 0 Å². The molecule has 0 aliphatic heterocycles. The van der Waals surface area contributed by atoms with E-state index in [1.54, 1.807) is 25.9 Å². The Morgan fingerprint density at radius 2 is 1.86 bits per heavy atom. The van der Waals surface area contributed by atoms with Crippen LogP contribution in [-0.4, -0.2) is 42.6 Å². The van der Waals surface area contributed by atoms with E-state index in [1.165, 1.54) is 0 Å². The molecular weight excluding hydrogens is 264 g/mol. The summed E-state index contributed by atoms with van der Waals surface area (Å²) in [5.41, 5.74) is 0.853. The highest BCUT2D eigenvalue weighted by Crippen LogP contribution is 2.20. The molecule has 2 aromatic carbocycles. The van der Waals surface area contributed by atoms with Gasteiger partial charge in [0.1, 0.15) is 0 Å². The van der Waals surface area contributed by atoms with Crippen LogP contribution in [0.1, 0.15) is 18.6 Å². The molecule has 4 heteroatoms. The lowest BCUT2D eigenvalue weighted by molar-refractivity contribution is -0.130. The molecule has 4 nitrogen and oxygen atoms in total. The third-order valence-electron chi connectivity index (χ3n) is 3.59. The molecule has 0 heterocycles. The monoisotopic (exact) mass is 286 g/mol. The SMILES string of the molecule is CC(NCC(O)c1ccc2ccccc2c1)C(=O)N(C)C. The Morgan fingerprint density at radius 1 is 1.19 bits per heavy atom. The zero-order valence-electron chi connectivity index (χ0n) is 12.7. The molecule has 0 aromatic heterocycles. The van der Waals surface area contributed by atoms with Crippen molar-refractivity contribution >= 4 is 16.7 Å². The second-order valence-electron chi connectivity index (χ2n) is 5.48. The number of carbonyl (C=O) groups is 1. The Balaban J connectivity index is 2.02. The first kappa shape index (κ1) is 15.5. The third-order valence-corrected chi connectivity index (χ3v) is 3.59. The minimum Gasteiger partial charge on any atom is -0.387 e. The van der Waals surface area contributed by atoms with Crippen LogP contribution in [0.5, 0.6) is 0 Å². The molecular formula is C17H22N2O2.